The number of nitrogens with zero attached hydrogens (tertiary/aromatic N) is 1. The highest BCUT2D eigenvalue weighted by Gasteiger charge is 2.31. The summed E-state index contributed by atoms with van der Waals surface area (Å²) in [4.78, 5) is 13.9. The summed E-state index contributed by atoms with van der Waals surface area (Å²) < 4.78 is 4.97. The Morgan fingerprint density at radius 2 is 2.25 bits per heavy atom. The highest BCUT2D eigenvalue weighted by atomic mass is 16.5. The largest absolute Gasteiger partial charge is 0.383 e. The molecule has 1 fully saturated rings. The number of ether oxygens (including phenoxy) is 1. The van der Waals surface area contributed by atoms with E-state index in [1.54, 1.807) is 12.0 Å². The lowest BCUT2D eigenvalue weighted by atomic mass is 9.96. The molecule has 4 heteroatoms. The fraction of sp³-hybridized carbons (Fsp3) is 0.917. The van der Waals surface area contributed by atoms with Crippen LogP contribution in [0.3, 0.4) is 0 Å². The maximum absolute atomic E-state index is 12.1. The van der Waals surface area contributed by atoms with Crippen LogP contribution in [0, 0.1) is 11.8 Å². The van der Waals surface area contributed by atoms with Gasteiger partial charge in [0.2, 0.25) is 5.91 Å². The second kappa shape index (κ2) is 6.21. The van der Waals surface area contributed by atoms with Crippen molar-refractivity contribution in [1.29, 1.82) is 0 Å². The summed E-state index contributed by atoms with van der Waals surface area (Å²) in [5.41, 5.74) is 5.84. The predicted molar refractivity (Wildman–Crippen MR) is 64.0 cm³/mol. The molecular formula is C12H24N2O2. The average molecular weight is 228 g/mol. The minimum absolute atomic E-state index is 0.0874. The predicted octanol–water partition coefficient (Wildman–Crippen LogP) is 0.855. The maximum atomic E-state index is 12.1. The van der Waals surface area contributed by atoms with Gasteiger partial charge in [-0.15, -0.1) is 0 Å². The average Bonchev–Trinajstić information content (AvgIpc) is 2.63. The second-order valence-corrected chi connectivity index (χ2v) is 4.95. The Morgan fingerprint density at radius 3 is 2.75 bits per heavy atom. The van der Waals surface area contributed by atoms with Crippen LogP contribution in [0.15, 0.2) is 0 Å². The lowest BCUT2D eigenvalue weighted by Gasteiger charge is -2.25. The van der Waals surface area contributed by atoms with E-state index in [0.29, 0.717) is 19.1 Å². The Bertz CT molecular complexity index is 233. The quantitative estimate of drug-likeness (QED) is 0.759. The first-order chi connectivity index (χ1) is 7.56. The zero-order valence-corrected chi connectivity index (χ0v) is 10.6. The van der Waals surface area contributed by atoms with Crippen LogP contribution < -0.4 is 5.73 Å². The smallest absolute Gasteiger partial charge is 0.225 e. The van der Waals surface area contributed by atoms with Gasteiger partial charge in [0.1, 0.15) is 0 Å². The van der Waals surface area contributed by atoms with E-state index in [0.717, 1.165) is 6.42 Å². The maximum Gasteiger partial charge on any atom is 0.225 e. The summed E-state index contributed by atoms with van der Waals surface area (Å²) in [6.07, 6.45) is 3.38. The molecule has 1 aliphatic rings. The van der Waals surface area contributed by atoms with E-state index in [-0.39, 0.29) is 17.9 Å². The standard InChI is InChI=1S/C12H24N2O2/c1-9-5-4-6-11(9)12(15)14(2)7-10(13)8-16-3/h9-11H,4-8,13H2,1-3H3. The van der Waals surface area contributed by atoms with E-state index in [2.05, 4.69) is 6.92 Å². The van der Waals surface area contributed by atoms with E-state index < -0.39 is 0 Å². The normalized spacial score (nSPS) is 26.8. The van der Waals surface area contributed by atoms with Crippen LogP contribution in [0.25, 0.3) is 0 Å². The Morgan fingerprint density at radius 1 is 1.56 bits per heavy atom. The van der Waals surface area contributed by atoms with Gasteiger partial charge in [0.05, 0.1) is 6.61 Å². The van der Waals surface area contributed by atoms with Crippen LogP contribution in [0.1, 0.15) is 26.2 Å². The fourth-order valence-corrected chi connectivity index (χ4v) is 2.50. The third-order valence-electron chi connectivity index (χ3n) is 3.44. The van der Waals surface area contributed by atoms with Gasteiger partial charge in [0.25, 0.3) is 0 Å². The van der Waals surface area contributed by atoms with Crippen LogP contribution in [-0.2, 0) is 9.53 Å². The topological polar surface area (TPSA) is 55.6 Å². The molecule has 2 N–H and O–H groups in total. The molecule has 0 heterocycles. The van der Waals surface area contributed by atoms with Crippen molar-refractivity contribution < 1.29 is 9.53 Å². The van der Waals surface area contributed by atoms with Gasteiger partial charge in [-0.3, -0.25) is 4.79 Å². The molecule has 1 amide bonds. The summed E-state index contributed by atoms with van der Waals surface area (Å²) in [6.45, 7) is 3.24. The lowest BCUT2D eigenvalue weighted by molar-refractivity contribution is -0.135. The molecule has 0 aromatic carbocycles. The van der Waals surface area contributed by atoms with Crippen molar-refractivity contribution >= 4 is 5.91 Å². The third kappa shape index (κ3) is 3.46. The number of likely N-dealkylation sites (N-methyl/N-ethyl adjacent to an activating group) is 1. The van der Waals surface area contributed by atoms with Gasteiger partial charge < -0.3 is 15.4 Å². The van der Waals surface area contributed by atoms with Crippen molar-refractivity contribution in [1.82, 2.24) is 4.90 Å². The number of hydrogen-bond acceptors (Lipinski definition) is 3. The highest BCUT2D eigenvalue weighted by Crippen LogP contribution is 2.32. The monoisotopic (exact) mass is 228 g/mol. The van der Waals surface area contributed by atoms with Crippen molar-refractivity contribution in [2.24, 2.45) is 17.6 Å². The minimum Gasteiger partial charge on any atom is -0.383 e. The first-order valence-electron chi connectivity index (χ1n) is 6.05. The summed E-state index contributed by atoms with van der Waals surface area (Å²) in [7, 11) is 3.46. The molecule has 1 saturated carbocycles. The molecule has 1 aliphatic carbocycles. The summed E-state index contributed by atoms with van der Waals surface area (Å²) in [6, 6.07) is -0.0874. The first-order valence-corrected chi connectivity index (χ1v) is 6.05. The van der Waals surface area contributed by atoms with Gasteiger partial charge in [-0.1, -0.05) is 13.3 Å². The van der Waals surface area contributed by atoms with Crippen LogP contribution in [0.2, 0.25) is 0 Å². The number of carbonyl (C=O) groups excluding carboxylic acids is 1. The molecule has 0 bridgehead atoms. The summed E-state index contributed by atoms with van der Waals surface area (Å²) in [5.74, 6) is 0.977. The van der Waals surface area contributed by atoms with Gasteiger partial charge >= 0.3 is 0 Å². The van der Waals surface area contributed by atoms with Crippen LogP contribution in [0.5, 0.6) is 0 Å². The van der Waals surface area contributed by atoms with Crippen LogP contribution >= 0.6 is 0 Å². The molecule has 3 unspecified atom stereocenters. The van der Waals surface area contributed by atoms with E-state index >= 15 is 0 Å². The van der Waals surface area contributed by atoms with E-state index in [4.69, 9.17) is 10.5 Å². The molecule has 94 valence electrons. The molecule has 1 rings (SSSR count). The summed E-state index contributed by atoms with van der Waals surface area (Å²) >= 11 is 0. The molecule has 3 atom stereocenters. The molecule has 0 radical (unpaired) electrons. The molecule has 0 aromatic heterocycles. The van der Waals surface area contributed by atoms with Gasteiger partial charge in [-0.05, 0) is 18.8 Å². The van der Waals surface area contributed by atoms with Crippen LogP contribution in [-0.4, -0.2) is 44.2 Å². The molecule has 0 spiro atoms. The van der Waals surface area contributed by atoms with E-state index in [1.165, 1.54) is 12.8 Å². The SMILES string of the molecule is COCC(N)CN(C)C(=O)C1CCCC1C. The summed E-state index contributed by atoms with van der Waals surface area (Å²) in [5, 5.41) is 0. The molecule has 0 aromatic rings. The Balaban J connectivity index is 2.40. The van der Waals surface area contributed by atoms with Crippen molar-refractivity contribution in [2.45, 2.75) is 32.2 Å². The van der Waals surface area contributed by atoms with Crippen molar-refractivity contribution in [3.63, 3.8) is 0 Å². The fourth-order valence-electron chi connectivity index (χ4n) is 2.50. The van der Waals surface area contributed by atoms with Crippen LogP contribution in [0.4, 0.5) is 0 Å². The minimum atomic E-state index is -0.0874. The number of methoxy groups -OCH3 is 1. The number of amides is 1. The third-order valence-corrected chi connectivity index (χ3v) is 3.44. The lowest BCUT2D eigenvalue weighted by Crippen LogP contribution is -2.43. The Labute approximate surface area is 98.1 Å². The van der Waals surface area contributed by atoms with Crippen molar-refractivity contribution in [3.8, 4) is 0 Å². The second-order valence-electron chi connectivity index (χ2n) is 4.95. The van der Waals surface area contributed by atoms with E-state index in [1.807, 2.05) is 7.05 Å². The van der Waals surface area contributed by atoms with Gasteiger partial charge in [0, 0.05) is 32.7 Å². The van der Waals surface area contributed by atoms with Gasteiger partial charge in [-0.2, -0.15) is 0 Å². The molecular weight excluding hydrogens is 204 g/mol. The van der Waals surface area contributed by atoms with Crippen molar-refractivity contribution in [2.75, 3.05) is 27.3 Å². The van der Waals surface area contributed by atoms with Crippen molar-refractivity contribution in [3.05, 3.63) is 0 Å². The first kappa shape index (κ1) is 13.5. The number of hydrogen-bond donors (Lipinski definition) is 1. The zero-order chi connectivity index (χ0) is 12.1. The van der Waals surface area contributed by atoms with E-state index in [9.17, 15) is 4.79 Å². The molecule has 4 nitrogen and oxygen atoms in total. The highest BCUT2D eigenvalue weighted by molar-refractivity contribution is 5.79. The van der Waals surface area contributed by atoms with Gasteiger partial charge in [0.15, 0.2) is 0 Å². The number of carbonyl (C=O) groups is 1. The zero-order valence-electron chi connectivity index (χ0n) is 10.6. The molecule has 0 aliphatic heterocycles. The Hall–Kier alpha value is -0.610. The molecule has 0 saturated heterocycles. The van der Waals surface area contributed by atoms with Gasteiger partial charge in [-0.25, -0.2) is 0 Å². The molecule has 16 heavy (non-hydrogen) atoms. The Kier molecular flexibility index (Phi) is 5.22. The number of rotatable bonds is 5. The number of nitrogens with two attached hydrogens (primary N) is 1.